The van der Waals surface area contributed by atoms with Crippen LogP contribution in [0.3, 0.4) is 0 Å². The lowest BCUT2D eigenvalue weighted by atomic mass is 9.98. The van der Waals surface area contributed by atoms with E-state index in [9.17, 15) is 9.59 Å². The van der Waals surface area contributed by atoms with Crippen molar-refractivity contribution in [1.82, 2.24) is 0 Å². The molecule has 0 amide bonds. The minimum Gasteiger partial charge on any atom is -0.465 e. The highest BCUT2D eigenvalue weighted by atomic mass is 16.5. The normalized spacial score (nSPS) is 11.6. The van der Waals surface area contributed by atoms with Gasteiger partial charge in [0, 0.05) is 6.04 Å². The van der Waals surface area contributed by atoms with Crippen molar-refractivity contribution in [3.63, 3.8) is 0 Å². The first kappa shape index (κ1) is 16.7. The molecule has 0 aromatic heterocycles. The van der Waals surface area contributed by atoms with E-state index in [-0.39, 0.29) is 18.0 Å². The second-order valence-electron chi connectivity index (χ2n) is 5.11. The molecule has 120 valence electrons. The van der Waals surface area contributed by atoms with Gasteiger partial charge in [0.2, 0.25) is 0 Å². The SMILES string of the molecule is COC(=O)c1ccc(CC(N)c2ccc(C(=O)OC)cc2)cc1. The molecule has 0 aliphatic rings. The van der Waals surface area contributed by atoms with Crippen molar-refractivity contribution >= 4 is 11.9 Å². The molecule has 5 nitrogen and oxygen atoms in total. The molecule has 2 aromatic rings. The lowest BCUT2D eigenvalue weighted by Crippen LogP contribution is -2.14. The fourth-order valence-corrected chi connectivity index (χ4v) is 2.25. The number of hydrogen-bond acceptors (Lipinski definition) is 5. The van der Waals surface area contributed by atoms with Crippen molar-refractivity contribution in [3.05, 3.63) is 70.8 Å². The third kappa shape index (κ3) is 4.17. The van der Waals surface area contributed by atoms with Crippen LogP contribution in [0, 0.1) is 0 Å². The van der Waals surface area contributed by atoms with E-state index in [0.29, 0.717) is 17.5 Å². The highest BCUT2D eigenvalue weighted by molar-refractivity contribution is 5.89. The molecule has 0 radical (unpaired) electrons. The van der Waals surface area contributed by atoms with Crippen molar-refractivity contribution in [1.29, 1.82) is 0 Å². The zero-order chi connectivity index (χ0) is 16.8. The Morgan fingerprint density at radius 2 is 1.30 bits per heavy atom. The third-order valence-electron chi connectivity index (χ3n) is 3.59. The minimum absolute atomic E-state index is 0.203. The van der Waals surface area contributed by atoms with Gasteiger partial charge >= 0.3 is 11.9 Å². The molecule has 1 unspecified atom stereocenters. The van der Waals surface area contributed by atoms with E-state index in [1.54, 1.807) is 24.3 Å². The zero-order valence-corrected chi connectivity index (χ0v) is 13.1. The van der Waals surface area contributed by atoms with E-state index >= 15 is 0 Å². The van der Waals surface area contributed by atoms with Gasteiger partial charge in [-0.15, -0.1) is 0 Å². The Hall–Kier alpha value is -2.66. The summed E-state index contributed by atoms with van der Waals surface area (Å²) in [6, 6.07) is 14.0. The number of esters is 2. The van der Waals surface area contributed by atoms with Crippen LogP contribution in [0.1, 0.15) is 37.9 Å². The van der Waals surface area contributed by atoms with Crippen LogP contribution in [0.25, 0.3) is 0 Å². The number of methoxy groups -OCH3 is 2. The number of carbonyl (C=O) groups excluding carboxylic acids is 2. The van der Waals surface area contributed by atoms with E-state index in [0.717, 1.165) is 11.1 Å². The van der Waals surface area contributed by atoms with E-state index in [2.05, 4.69) is 9.47 Å². The second-order valence-corrected chi connectivity index (χ2v) is 5.11. The lowest BCUT2D eigenvalue weighted by molar-refractivity contribution is 0.0592. The van der Waals surface area contributed by atoms with Gasteiger partial charge in [0.1, 0.15) is 0 Å². The van der Waals surface area contributed by atoms with E-state index in [1.165, 1.54) is 14.2 Å². The summed E-state index contributed by atoms with van der Waals surface area (Å²) in [6.45, 7) is 0. The Bertz CT molecular complexity index is 677. The van der Waals surface area contributed by atoms with Crippen molar-refractivity contribution in [2.45, 2.75) is 12.5 Å². The molecule has 0 saturated carbocycles. The van der Waals surface area contributed by atoms with Gasteiger partial charge < -0.3 is 15.2 Å². The van der Waals surface area contributed by atoms with Gasteiger partial charge in [0.15, 0.2) is 0 Å². The molecule has 0 bridgehead atoms. The maximum atomic E-state index is 11.4. The van der Waals surface area contributed by atoms with Crippen LogP contribution in [0.5, 0.6) is 0 Å². The molecule has 23 heavy (non-hydrogen) atoms. The number of rotatable bonds is 5. The molecule has 2 rings (SSSR count). The van der Waals surface area contributed by atoms with Gasteiger partial charge in [0.25, 0.3) is 0 Å². The van der Waals surface area contributed by atoms with Gasteiger partial charge in [-0.05, 0) is 41.8 Å². The van der Waals surface area contributed by atoms with Gasteiger partial charge in [0.05, 0.1) is 25.3 Å². The zero-order valence-electron chi connectivity index (χ0n) is 13.1. The van der Waals surface area contributed by atoms with E-state index in [4.69, 9.17) is 5.73 Å². The molecule has 2 aromatic carbocycles. The van der Waals surface area contributed by atoms with Crippen LogP contribution in [-0.4, -0.2) is 26.2 Å². The Balaban J connectivity index is 2.05. The second kappa shape index (κ2) is 7.56. The first-order valence-corrected chi connectivity index (χ1v) is 7.16. The summed E-state index contributed by atoms with van der Waals surface area (Å²) >= 11 is 0. The highest BCUT2D eigenvalue weighted by Gasteiger charge is 2.11. The predicted octanol–water partition coefficient (Wildman–Crippen LogP) is 2.50. The molecular formula is C18H19NO4. The Kier molecular flexibility index (Phi) is 5.49. The van der Waals surface area contributed by atoms with Crippen LogP contribution >= 0.6 is 0 Å². The number of carbonyl (C=O) groups is 2. The van der Waals surface area contributed by atoms with Crippen molar-refractivity contribution in [2.24, 2.45) is 5.73 Å². The molecule has 0 fully saturated rings. The van der Waals surface area contributed by atoms with Gasteiger partial charge in [-0.25, -0.2) is 9.59 Å². The quantitative estimate of drug-likeness (QED) is 0.858. The van der Waals surface area contributed by atoms with Gasteiger partial charge in [-0.1, -0.05) is 24.3 Å². The summed E-state index contributed by atoms with van der Waals surface area (Å²) in [5.41, 5.74) is 9.14. The summed E-state index contributed by atoms with van der Waals surface area (Å²) < 4.78 is 9.33. The maximum Gasteiger partial charge on any atom is 0.337 e. The van der Waals surface area contributed by atoms with Crippen molar-refractivity contribution < 1.29 is 19.1 Å². The number of nitrogens with two attached hydrogens (primary N) is 1. The summed E-state index contributed by atoms with van der Waals surface area (Å²) in [7, 11) is 2.70. The summed E-state index contributed by atoms with van der Waals surface area (Å²) in [6.07, 6.45) is 0.624. The number of benzene rings is 2. The predicted molar refractivity (Wildman–Crippen MR) is 86.2 cm³/mol. The molecule has 0 aliphatic heterocycles. The van der Waals surface area contributed by atoms with E-state index in [1.807, 2.05) is 24.3 Å². The van der Waals surface area contributed by atoms with Gasteiger partial charge in [-0.2, -0.15) is 0 Å². The Labute approximate surface area is 135 Å². The molecule has 0 spiro atoms. The minimum atomic E-state index is -0.372. The van der Waals surface area contributed by atoms with Gasteiger partial charge in [-0.3, -0.25) is 0 Å². The van der Waals surface area contributed by atoms with Crippen molar-refractivity contribution in [3.8, 4) is 0 Å². The maximum absolute atomic E-state index is 11.4. The first-order chi connectivity index (χ1) is 11.0. The lowest BCUT2D eigenvalue weighted by Gasteiger charge is -2.13. The first-order valence-electron chi connectivity index (χ1n) is 7.16. The smallest absolute Gasteiger partial charge is 0.337 e. The van der Waals surface area contributed by atoms with Crippen LogP contribution in [-0.2, 0) is 15.9 Å². The Morgan fingerprint density at radius 3 is 1.74 bits per heavy atom. The Morgan fingerprint density at radius 1 is 0.870 bits per heavy atom. The molecule has 5 heteroatoms. The topological polar surface area (TPSA) is 78.6 Å². The summed E-state index contributed by atoms with van der Waals surface area (Å²) in [5, 5.41) is 0. The highest BCUT2D eigenvalue weighted by Crippen LogP contribution is 2.18. The molecule has 0 heterocycles. The molecule has 0 aliphatic carbocycles. The summed E-state index contributed by atoms with van der Waals surface area (Å²) in [4.78, 5) is 22.8. The summed E-state index contributed by atoms with van der Waals surface area (Å²) in [5.74, 6) is -0.734. The van der Waals surface area contributed by atoms with Crippen LogP contribution < -0.4 is 5.73 Å². The van der Waals surface area contributed by atoms with Crippen LogP contribution in [0.15, 0.2) is 48.5 Å². The van der Waals surface area contributed by atoms with Crippen molar-refractivity contribution in [2.75, 3.05) is 14.2 Å². The van der Waals surface area contributed by atoms with Crippen LogP contribution in [0.2, 0.25) is 0 Å². The van der Waals surface area contributed by atoms with Crippen LogP contribution in [0.4, 0.5) is 0 Å². The number of ether oxygens (including phenoxy) is 2. The molecular weight excluding hydrogens is 294 g/mol. The molecule has 0 saturated heterocycles. The standard InChI is InChI=1S/C18H19NO4/c1-22-17(20)14-5-3-12(4-6-14)11-16(19)13-7-9-15(10-8-13)18(21)23-2/h3-10,16H,11,19H2,1-2H3. The average Bonchev–Trinajstić information content (AvgIpc) is 2.61. The fraction of sp³-hybridized carbons (Fsp3) is 0.222. The monoisotopic (exact) mass is 313 g/mol. The molecule has 2 N–H and O–H groups in total. The fourth-order valence-electron chi connectivity index (χ4n) is 2.25. The van der Waals surface area contributed by atoms with E-state index < -0.39 is 0 Å². The third-order valence-corrected chi connectivity index (χ3v) is 3.59. The molecule has 1 atom stereocenters. The average molecular weight is 313 g/mol. The number of hydrogen-bond donors (Lipinski definition) is 1. The largest absolute Gasteiger partial charge is 0.465 e.